The van der Waals surface area contributed by atoms with Crippen molar-refractivity contribution in [2.75, 3.05) is 0 Å². The van der Waals surface area contributed by atoms with E-state index in [-0.39, 0.29) is 12.3 Å². The zero-order valence-corrected chi connectivity index (χ0v) is 7.34. The maximum absolute atomic E-state index is 10.8. The molecule has 1 aromatic carbocycles. The predicted molar refractivity (Wildman–Crippen MR) is 51.1 cm³/mol. The van der Waals surface area contributed by atoms with Crippen LogP contribution in [-0.4, -0.2) is 20.7 Å². The Labute approximate surface area is 80.0 Å². The van der Waals surface area contributed by atoms with Gasteiger partial charge in [0, 0.05) is 11.6 Å². The van der Waals surface area contributed by atoms with Gasteiger partial charge in [-0.25, -0.2) is 4.79 Å². The number of aromatic carboxylic acids is 1. The number of nitrogens with zero attached hydrogens (tertiary/aromatic N) is 1. The minimum atomic E-state index is -0.978. The van der Waals surface area contributed by atoms with Gasteiger partial charge in [-0.2, -0.15) is 0 Å². The van der Waals surface area contributed by atoms with Crippen molar-refractivity contribution in [2.45, 2.75) is 6.73 Å². The molecular formula is C10H9NO3. The zero-order valence-electron chi connectivity index (χ0n) is 7.34. The van der Waals surface area contributed by atoms with E-state index >= 15 is 0 Å². The highest BCUT2D eigenvalue weighted by Crippen LogP contribution is 2.20. The molecule has 4 heteroatoms. The Balaban J connectivity index is 2.80. The molecule has 2 aromatic rings. The Kier molecular flexibility index (Phi) is 1.98. The Morgan fingerprint density at radius 1 is 1.36 bits per heavy atom. The van der Waals surface area contributed by atoms with Gasteiger partial charge in [0.05, 0.1) is 11.1 Å². The van der Waals surface area contributed by atoms with Crippen LogP contribution in [-0.2, 0) is 6.73 Å². The van der Waals surface area contributed by atoms with Crippen LogP contribution in [0.25, 0.3) is 10.9 Å². The summed E-state index contributed by atoms with van der Waals surface area (Å²) in [5.41, 5.74) is 0.946. The monoisotopic (exact) mass is 191 g/mol. The van der Waals surface area contributed by atoms with Gasteiger partial charge in [0.15, 0.2) is 0 Å². The molecule has 0 bridgehead atoms. The number of para-hydroxylation sites is 1. The van der Waals surface area contributed by atoms with Gasteiger partial charge in [-0.05, 0) is 6.07 Å². The Morgan fingerprint density at radius 3 is 2.71 bits per heavy atom. The molecule has 72 valence electrons. The second-order valence-corrected chi connectivity index (χ2v) is 2.98. The van der Waals surface area contributed by atoms with Crippen LogP contribution < -0.4 is 0 Å². The van der Waals surface area contributed by atoms with Gasteiger partial charge in [0.2, 0.25) is 0 Å². The van der Waals surface area contributed by atoms with Crippen molar-refractivity contribution in [1.29, 1.82) is 0 Å². The van der Waals surface area contributed by atoms with Crippen LogP contribution in [0.15, 0.2) is 30.5 Å². The van der Waals surface area contributed by atoms with Gasteiger partial charge in [-0.3, -0.25) is 0 Å². The average Bonchev–Trinajstić information content (AvgIpc) is 2.56. The van der Waals surface area contributed by atoms with Crippen molar-refractivity contribution in [1.82, 2.24) is 4.57 Å². The fourth-order valence-electron chi connectivity index (χ4n) is 1.53. The average molecular weight is 191 g/mol. The van der Waals surface area contributed by atoms with Gasteiger partial charge in [0.1, 0.15) is 6.73 Å². The molecule has 0 aliphatic carbocycles. The van der Waals surface area contributed by atoms with E-state index in [0.717, 1.165) is 5.52 Å². The fourth-order valence-corrected chi connectivity index (χ4v) is 1.53. The molecule has 0 amide bonds. The molecule has 14 heavy (non-hydrogen) atoms. The third-order valence-corrected chi connectivity index (χ3v) is 2.17. The summed E-state index contributed by atoms with van der Waals surface area (Å²) in [5.74, 6) is -0.978. The number of benzene rings is 1. The van der Waals surface area contributed by atoms with Crippen LogP contribution in [0, 0.1) is 0 Å². The van der Waals surface area contributed by atoms with Crippen LogP contribution in [0.2, 0.25) is 0 Å². The molecule has 0 radical (unpaired) electrons. The highest BCUT2D eigenvalue weighted by Gasteiger charge is 2.12. The molecule has 0 fully saturated rings. The first-order chi connectivity index (χ1) is 6.74. The van der Waals surface area contributed by atoms with Gasteiger partial charge in [-0.15, -0.1) is 0 Å². The maximum atomic E-state index is 10.8. The SMILES string of the molecule is O=C(O)c1cn(CO)c2ccccc12. The van der Waals surface area contributed by atoms with Gasteiger partial charge < -0.3 is 14.8 Å². The van der Waals surface area contributed by atoms with Crippen molar-refractivity contribution < 1.29 is 15.0 Å². The predicted octanol–water partition coefficient (Wildman–Crippen LogP) is 1.29. The van der Waals surface area contributed by atoms with Crippen molar-refractivity contribution in [3.8, 4) is 0 Å². The molecule has 2 rings (SSSR count). The first kappa shape index (κ1) is 8.77. The normalized spacial score (nSPS) is 10.6. The van der Waals surface area contributed by atoms with Gasteiger partial charge >= 0.3 is 5.97 Å². The molecule has 0 aliphatic heterocycles. The Hall–Kier alpha value is -1.81. The molecule has 0 saturated carbocycles. The molecule has 0 atom stereocenters. The topological polar surface area (TPSA) is 62.5 Å². The number of carboxylic acid groups (broad SMARTS) is 1. The lowest BCUT2D eigenvalue weighted by molar-refractivity contribution is 0.0698. The number of aromatic nitrogens is 1. The highest BCUT2D eigenvalue weighted by molar-refractivity contribution is 6.03. The highest BCUT2D eigenvalue weighted by atomic mass is 16.4. The summed E-state index contributed by atoms with van der Waals surface area (Å²) < 4.78 is 1.50. The smallest absolute Gasteiger partial charge is 0.337 e. The number of carboxylic acids is 1. The number of rotatable bonds is 2. The summed E-state index contributed by atoms with van der Waals surface area (Å²) in [7, 11) is 0. The van der Waals surface area contributed by atoms with E-state index in [4.69, 9.17) is 10.2 Å². The van der Waals surface area contributed by atoms with Crippen molar-refractivity contribution in [2.24, 2.45) is 0 Å². The van der Waals surface area contributed by atoms with E-state index in [0.29, 0.717) is 5.39 Å². The third kappa shape index (κ3) is 1.16. The van der Waals surface area contributed by atoms with E-state index < -0.39 is 5.97 Å². The van der Waals surface area contributed by atoms with Crippen molar-refractivity contribution >= 4 is 16.9 Å². The summed E-state index contributed by atoms with van der Waals surface area (Å²) in [6.45, 7) is -0.214. The lowest BCUT2D eigenvalue weighted by Gasteiger charge is -1.97. The Bertz CT molecular complexity index is 487. The molecule has 0 spiro atoms. The summed E-state index contributed by atoms with van der Waals surface area (Å²) in [4.78, 5) is 10.8. The number of fused-ring (bicyclic) bond motifs is 1. The van der Waals surface area contributed by atoms with Crippen molar-refractivity contribution in [3.63, 3.8) is 0 Å². The lowest BCUT2D eigenvalue weighted by atomic mass is 10.2. The minimum absolute atomic E-state index is 0.214. The van der Waals surface area contributed by atoms with Crippen LogP contribution in [0.3, 0.4) is 0 Å². The molecular weight excluding hydrogens is 182 g/mol. The standard InChI is InChI=1S/C10H9NO3/c12-6-11-5-8(10(13)14)7-3-1-2-4-9(7)11/h1-5,12H,6H2,(H,13,14). The Morgan fingerprint density at radius 2 is 2.07 bits per heavy atom. The van der Waals surface area contributed by atoms with E-state index in [1.165, 1.54) is 10.8 Å². The summed E-state index contributed by atoms with van der Waals surface area (Å²) in [6.07, 6.45) is 1.44. The second-order valence-electron chi connectivity index (χ2n) is 2.98. The number of aliphatic hydroxyl groups is 1. The number of hydrogen-bond acceptors (Lipinski definition) is 2. The lowest BCUT2D eigenvalue weighted by Crippen LogP contribution is -1.95. The fraction of sp³-hybridized carbons (Fsp3) is 0.100. The quantitative estimate of drug-likeness (QED) is 0.751. The van der Waals surface area contributed by atoms with E-state index in [1.807, 2.05) is 0 Å². The molecule has 0 unspecified atom stereocenters. The van der Waals surface area contributed by atoms with Gasteiger partial charge in [0.25, 0.3) is 0 Å². The number of hydrogen-bond donors (Lipinski definition) is 2. The zero-order chi connectivity index (χ0) is 10.1. The van der Waals surface area contributed by atoms with Crippen molar-refractivity contribution in [3.05, 3.63) is 36.0 Å². The summed E-state index contributed by atoms with van der Waals surface area (Å²) >= 11 is 0. The van der Waals surface area contributed by atoms with Crippen LogP contribution >= 0.6 is 0 Å². The van der Waals surface area contributed by atoms with Gasteiger partial charge in [-0.1, -0.05) is 18.2 Å². The molecule has 2 N–H and O–H groups in total. The molecule has 0 saturated heterocycles. The summed E-state index contributed by atoms with van der Waals surface area (Å²) in [5, 5.41) is 18.5. The van der Waals surface area contributed by atoms with E-state index in [9.17, 15) is 4.79 Å². The molecule has 0 aliphatic rings. The maximum Gasteiger partial charge on any atom is 0.337 e. The first-order valence-corrected chi connectivity index (χ1v) is 4.16. The first-order valence-electron chi connectivity index (χ1n) is 4.16. The second kappa shape index (κ2) is 3.16. The van der Waals surface area contributed by atoms with E-state index in [1.54, 1.807) is 24.3 Å². The third-order valence-electron chi connectivity index (χ3n) is 2.17. The molecule has 1 heterocycles. The van der Waals surface area contributed by atoms with E-state index in [2.05, 4.69) is 0 Å². The molecule has 4 nitrogen and oxygen atoms in total. The number of aliphatic hydroxyl groups excluding tert-OH is 1. The van der Waals surface area contributed by atoms with Crippen LogP contribution in [0.1, 0.15) is 10.4 Å². The number of carbonyl (C=O) groups is 1. The minimum Gasteiger partial charge on any atom is -0.478 e. The van der Waals surface area contributed by atoms with Crippen LogP contribution in [0.4, 0.5) is 0 Å². The largest absolute Gasteiger partial charge is 0.478 e. The summed E-state index contributed by atoms with van der Waals surface area (Å²) in [6, 6.07) is 7.08. The van der Waals surface area contributed by atoms with Crippen LogP contribution in [0.5, 0.6) is 0 Å². The molecule has 1 aromatic heterocycles.